The average molecular weight is 307 g/mol. The highest BCUT2D eigenvalue weighted by Crippen LogP contribution is 2.26. The first kappa shape index (κ1) is 16.7. The molecule has 112 valence electrons. The van der Waals surface area contributed by atoms with Gasteiger partial charge in [-0.25, -0.2) is 13.6 Å². The van der Waals surface area contributed by atoms with Crippen LogP contribution in [0.2, 0.25) is 5.02 Å². The lowest BCUT2D eigenvalue weighted by atomic mass is 9.89. The molecule has 1 unspecified atom stereocenters. The zero-order valence-electron chi connectivity index (χ0n) is 11.4. The van der Waals surface area contributed by atoms with Crippen LogP contribution in [0.1, 0.15) is 20.8 Å². The molecule has 0 fully saturated rings. The number of nitrogens with one attached hydrogen (secondary N) is 2. The Morgan fingerprint density at radius 1 is 1.40 bits per heavy atom. The molecule has 0 saturated carbocycles. The topological polar surface area (TPSA) is 61.4 Å². The van der Waals surface area contributed by atoms with Gasteiger partial charge >= 0.3 is 6.03 Å². The van der Waals surface area contributed by atoms with E-state index < -0.39 is 29.2 Å². The lowest BCUT2D eigenvalue weighted by molar-refractivity contribution is 0.0654. The minimum Gasteiger partial charge on any atom is -0.391 e. The van der Waals surface area contributed by atoms with Gasteiger partial charge in [0.25, 0.3) is 0 Å². The molecule has 1 atom stereocenters. The third-order valence-corrected chi connectivity index (χ3v) is 3.00. The fraction of sp³-hybridized carbons (Fsp3) is 0.462. The molecule has 4 nitrogen and oxygen atoms in total. The number of hydrogen-bond donors (Lipinski definition) is 3. The van der Waals surface area contributed by atoms with Crippen molar-refractivity contribution in [3.8, 4) is 0 Å². The number of hydrogen-bond acceptors (Lipinski definition) is 2. The molecule has 2 amide bonds. The molecular weight excluding hydrogens is 290 g/mol. The minimum absolute atomic E-state index is 0.00420. The van der Waals surface area contributed by atoms with Crippen molar-refractivity contribution in [3.05, 3.63) is 28.8 Å². The predicted molar refractivity (Wildman–Crippen MR) is 73.9 cm³/mol. The molecular formula is C13H17ClF2N2O2. The smallest absolute Gasteiger partial charge is 0.319 e. The molecule has 0 aliphatic rings. The molecule has 1 aromatic carbocycles. The van der Waals surface area contributed by atoms with Crippen molar-refractivity contribution in [2.75, 3.05) is 11.9 Å². The summed E-state index contributed by atoms with van der Waals surface area (Å²) in [4.78, 5) is 11.6. The van der Waals surface area contributed by atoms with Gasteiger partial charge in [-0.15, -0.1) is 0 Å². The zero-order chi connectivity index (χ0) is 15.5. The van der Waals surface area contributed by atoms with Crippen LogP contribution in [0.5, 0.6) is 0 Å². The van der Waals surface area contributed by atoms with Crippen molar-refractivity contribution in [2.24, 2.45) is 5.41 Å². The van der Waals surface area contributed by atoms with E-state index in [0.717, 1.165) is 6.07 Å². The maximum Gasteiger partial charge on any atom is 0.319 e. The van der Waals surface area contributed by atoms with E-state index in [0.29, 0.717) is 6.07 Å². The highest BCUT2D eigenvalue weighted by atomic mass is 35.5. The molecule has 0 aromatic heterocycles. The largest absolute Gasteiger partial charge is 0.391 e. The number of halogens is 3. The molecule has 0 spiro atoms. The SMILES string of the molecule is CC(C)(C)C(O)CNC(=O)Nc1c(F)cc(F)cc1Cl. The zero-order valence-corrected chi connectivity index (χ0v) is 12.2. The summed E-state index contributed by atoms with van der Waals surface area (Å²) in [6.07, 6.45) is -0.762. The van der Waals surface area contributed by atoms with Gasteiger partial charge in [0.05, 0.1) is 16.8 Å². The van der Waals surface area contributed by atoms with Crippen molar-refractivity contribution >= 4 is 23.3 Å². The van der Waals surface area contributed by atoms with Crippen LogP contribution in [0.25, 0.3) is 0 Å². The van der Waals surface area contributed by atoms with Gasteiger partial charge in [0, 0.05) is 12.6 Å². The molecule has 0 bridgehead atoms. The molecule has 0 aliphatic heterocycles. The Labute approximate surface area is 121 Å². The van der Waals surface area contributed by atoms with Crippen LogP contribution in [0, 0.1) is 17.0 Å². The van der Waals surface area contributed by atoms with Gasteiger partial charge in [-0.3, -0.25) is 0 Å². The summed E-state index contributed by atoms with van der Waals surface area (Å²) < 4.78 is 26.3. The van der Waals surface area contributed by atoms with E-state index >= 15 is 0 Å². The second-order valence-electron chi connectivity index (χ2n) is 5.46. The van der Waals surface area contributed by atoms with Gasteiger partial charge in [0.2, 0.25) is 0 Å². The van der Waals surface area contributed by atoms with Crippen molar-refractivity contribution < 1.29 is 18.7 Å². The maximum absolute atomic E-state index is 13.4. The number of aliphatic hydroxyl groups is 1. The maximum atomic E-state index is 13.4. The number of rotatable bonds is 3. The van der Waals surface area contributed by atoms with Crippen molar-refractivity contribution in [3.63, 3.8) is 0 Å². The Morgan fingerprint density at radius 3 is 2.50 bits per heavy atom. The summed E-state index contributed by atoms with van der Waals surface area (Å²) >= 11 is 5.64. The Kier molecular flexibility index (Phi) is 5.30. The van der Waals surface area contributed by atoms with Crippen molar-refractivity contribution in [1.29, 1.82) is 0 Å². The molecule has 0 heterocycles. The predicted octanol–water partition coefficient (Wildman–Crippen LogP) is 3.15. The molecule has 0 aliphatic carbocycles. The van der Waals surface area contributed by atoms with E-state index in [1.165, 1.54) is 0 Å². The number of carbonyl (C=O) groups excluding carboxylic acids is 1. The van der Waals surface area contributed by atoms with Crippen LogP contribution in [-0.4, -0.2) is 23.8 Å². The first-order chi connectivity index (χ1) is 9.11. The summed E-state index contributed by atoms with van der Waals surface area (Å²) in [6.45, 7) is 5.44. The van der Waals surface area contributed by atoms with E-state index in [4.69, 9.17) is 11.6 Å². The normalized spacial score (nSPS) is 12.9. The van der Waals surface area contributed by atoms with Crippen LogP contribution in [0.15, 0.2) is 12.1 Å². The van der Waals surface area contributed by atoms with E-state index in [2.05, 4.69) is 10.6 Å². The molecule has 0 radical (unpaired) electrons. The van der Waals surface area contributed by atoms with Crippen molar-refractivity contribution in [1.82, 2.24) is 5.32 Å². The number of benzene rings is 1. The van der Waals surface area contributed by atoms with Gasteiger partial charge in [0.15, 0.2) is 5.82 Å². The Balaban J connectivity index is 2.64. The molecule has 0 saturated heterocycles. The van der Waals surface area contributed by atoms with E-state index in [1.54, 1.807) is 0 Å². The Bertz CT molecular complexity index is 481. The highest BCUT2D eigenvalue weighted by molar-refractivity contribution is 6.33. The molecule has 7 heteroatoms. The van der Waals surface area contributed by atoms with Gasteiger partial charge < -0.3 is 15.7 Å². The highest BCUT2D eigenvalue weighted by Gasteiger charge is 2.22. The van der Waals surface area contributed by atoms with Gasteiger partial charge in [-0.2, -0.15) is 0 Å². The van der Waals surface area contributed by atoms with Gasteiger partial charge in [-0.05, 0) is 11.5 Å². The average Bonchev–Trinajstić information content (AvgIpc) is 2.29. The molecule has 1 aromatic rings. The molecule has 1 rings (SSSR count). The second kappa shape index (κ2) is 6.37. The molecule has 20 heavy (non-hydrogen) atoms. The van der Waals surface area contributed by atoms with E-state index in [9.17, 15) is 18.7 Å². The summed E-state index contributed by atoms with van der Waals surface area (Å²) in [5.41, 5.74) is -0.706. The first-order valence-corrected chi connectivity index (χ1v) is 6.36. The lowest BCUT2D eigenvalue weighted by Crippen LogP contribution is -2.41. The summed E-state index contributed by atoms with van der Waals surface area (Å²) in [7, 11) is 0. The van der Waals surface area contributed by atoms with Gasteiger partial charge in [-0.1, -0.05) is 32.4 Å². The Morgan fingerprint density at radius 2 is 2.00 bits per heavy atom. The number of amides is 2. The minimum atomic E-state index is -0.971. The summed E-state index contributed by atoms with van der Waals surface area (Å²) in [5.74, 6) is -1.80. The van der Waals surface area contributed by atoms with Crippen LogP contribution < -0.4 is 10.6 Å². The second-order valence-corrected chi connectivity index (χ2v) is 5.87. The number of urea groups is 1. The van der Waals surface area contributed by atoms with E-state index in [-0.39, 0.29) is 17.3 Å². The van der Waals surface area contributed by atoms with Crippen LogP contribution in [-0.2, 0) is 0 Å². The fourth-order valence-corrected chi connectivity index (χ4v) is 1.56. The van der Waals surface area contributed by atoms with Crippen LogP contribution >= 0.6 is 11.6 Å². The van der Waals surface area contributed by atoms with Crippen molar-refractivity contribution in [2.45, 2.75) is 26.9 Å². The number of carbonyl (C=O) groups is 1. The fourth-order valence-electron chi connectivity index (χ4n) is 1.31. The summed E-state index contributed by atoms with van der Waals surface area (Å²) in [5, 5.41) is 14.1. The van der Waals surface area contributed by atoms with Crippen LogP contribution in [0.4, 0.5) is 19.3 Å². The standard InChI is InChI=1S/C13H17ClF2N2O2/c1-13(2,3)10(19)6-17-12(20)18-11-8(14)4-7(15)5-9(11)16/h4-5,10,19H,6H2,1-3H3,(H2,17,18,20). The van der Waals surface area contributed by atoms with Crippen LogP contribution in [0.3, 0.4) is 0 Å². The lowest BCUT2D eigenvalue weighted by Gasteiger charge is -2.25. The summed E-state index contributed by atoms with van der Waals surface area (Å²) in [6, 6.07) is 0.774. The van der Waals surface area contributed by atoms with E-state index in [1.807, 2.05) is 20.8 Å². The quantitative estimate of drug-likeness (QED) is 0.803. The Hall–Kier alpha value is -1.40. The van der Waals surface area contributed by atoms with Gasteiger partial charge in [0.1, 0.15) is 5.82 Å². The molecule has 3 N–H and O–H groups in total. The monoisotopic (exact) mass is 306 g/mol. The first-order valence-electron chi connectivity index (χ1n) is 5.98. The number of aliphatic hydroxyl groups excluding tert-OH is 1. The number of anilines is 1. The third-order valence-electron chi connectivity index (χ3n) is 2.70. The third kappa shape index (κ3) is 4.61.